The quantitative estimate of drug-likeness (QED) is 0.731. The lowest BCUT2D eigenvalue weighted by molar-refractivity contribution is 0.103. The number of sulfonamides is 1. The molecule has 2 heterocycles. The van der Waals surface area contributed by atoms with Crippen LogP contribution in [-0.2, 0) is 10.0 Å². The Morgan fingerprint density at radius 3 is 2.32 bits per heavy atom. The zero-order valence-electron chi connectivity index (χ0n) is 15.2. The van der Waals surface area contributed by atoms with Crippen LogP contribution in [0, 0.1) is 11.6 Å². The minimum atomic E-state index is -3.21. The Bertz CT molecular complexity index is 986. The van der Waals surface area contributed by atoms with E-state index < -0.39 is 33.0 Å². The molecule has 0 atom stereocenters. The first kappa shape index (κ1) is 20.2. The van der Waals surface area contributed by atoms with E-state index in [1.807, 2.05) is 0 Å². The molecule has 1 aliphatic heterocycles. The molecular weight excluding hydrogens is 390 g/mol. The molecule has 7 nitrogen and oxygen atoms in total. The predicted octanol–water partition coefficient (Wildman–Crippen LogP) is 2.01. The Balaban J connectivity index is 1.72. The molecule has 3 rings (SSSR count). The third-order valence-corrected chi connectivity index (χ3v) is 5.94. The fourth-order valence-electron chi connectivity index (χ4n) is 3.14. The SMILES string of the molecule is CS(=O)(=O)N1CCC(Nc2ccc(C(=O)c3c(F)cccc3F)c(N)n2)CC1. The average Bonchev–Trinajstić information content (AvgIpc) is 2.61. The van der Waals surface area contributed by atoms with E-state index in [-0.39, 0.29) is 17.4 Å². The molecule has 1 fully saturated rings. The van der Waals surface area contributed by atoms with Gasteiger partial charge in [0.1, 0.15) is 23.3 Å². The molecule has 28 heavy (non-hydrogen) atoms. The lowest BCUT2D eigenvalue weighted by atomic mass is 10.0. The van der Waals surface area contributed by atoms with Gasteiger partial charge in [-0.1, -0.05) is 6.07 Å². The van der Waals surface area contributed by atoms with Gasteiger partial charge in [-0.3, -0.25) is 4.79 Å². The van der Waals surface area contributed by atoms with Crippen LogP contribution in [0.3, 0.4) is 0 Å². The smallest absolute Gasteiger partial charge is 0.211 e. The van der Waals surface area contributed by atoms with Crippen molar-refractivity contribution < 1.29 is 22.0 Å². The third-order valence-electron chi connectivity index (χ3n) is 4.63. The van der Waals surface area contributed by atoms with Crippen molar-refractivity contribution in [1.29, 1.82) is 0 Å². The van der Waals surface area contributed by atoms with Crippen LogP contribution in [0.1, 0.15) is 28.8 Å². The zero-order chi connectivity index (χ0) is 20.5. The molecule has 0 aliphatic carbocycles. The highest BCUT2D eigenvalue weighted by molar-refractivity contribution is 7.88. The first-order chi connectivity index (χ1) is 13.2. The number of rotatable bonds is 5. The number of anilines is 2. The average molecular weight is 410 g/mol. The van der Waals surface area contributed by atoms with E-state index >= 15 is 0 Å². The van der Waals surface area contributed by atoms with E-state index in [2.05, 4.69) is 10.3 Å². The van der Waals surface area contributed by atoms with Crippen molar-refractivity contribution in [2.24, 2.45) is 0 Å². The van der Waals surface area contributed by atoms with Crippen LogP contribution in [-0.4, -0.2) is 48.9 Å². The van der Waals surface area contributed by atoms with Crippen LogP contribution in [0.4, 0.5) is 20.4 Å². The Kier molecular flexibility index (Phi) is 5.61. The van der Waals surface area contributed by atoms with Gasteiger partial charge in [0.15, 0.2) is 0 Å². The second kappa shape index (κ2) is 7.80. The summed E-state index contributed by atoms with van der Waals surface area (Å²) in [6.07, 6.45) is 2.36. The number of piperidine rings is 1. The second-order valence-electron chi connectivity index (χ2n) is 6.64. The highest BCUT2D eigenvalue weighted by Gasteiger charge is 2.26. The maximum absolute atomic E-state index is 13.8. The molecule has 150 valence electrons. The van der Waals surface area contributed by atoms with Gasteiger partial charge < -0.3 is 11.1 Å². The summed E-state index contributed by atoms with van der Waals surface area (Å²) in [6.45, 7) is 0.796. The Hall–Kier alpha value is -2.59. The van der Waals surface area contributed by atoms with E-state index in [1.54, 1.807) is 0 Å². The van der Waals surface area contributed by atoms with E-state index in [4.69, 9.17) is 5.73 Å². The maximum Gasteiger partial charge on any atom is 0.211 e. The number of hydrogen-bond donors (Lipinski definition) is 2. The number of carbonyl (C=O) groups excluding carboxylic acids is 1. The first-order valence-electron chi connectivity index (χ1n) is 8.63. The molecule has 0 radical (unpaired) electrons. The summed E-state index contributed by atoms with van der Waals surface area (Å²) in [5.41, 5.74) is 5.07. The number of ketones is 1. The number of benzene rings is 1. The normalized spacial score (nSPS) is 16.1. The number of nitrogen functional groups attached to an aromatic ring is 1. The molecule has 1 aromatic carbocycles. The molecule has 1 aromatic heterocycles. The third kappa shape index (κ3) is 4.28. The molecule has 3 N–H and O–H groups in total. The van der Waals surface area contributed by atoms with Crippen LogP contribution in [0.2, 0.25) is 0 Å². The standard InChI is InChI=1S/C18H20F2N4O3S/c1-28(26,27)24-9-7-11(8-10-24)22-15-6-5-12(18(21)23-15)17(25)16-13(19)3-2-4-14(16)20/h2-6,11H,7-10H2,1H3,(H3,21,22,23). The fraction of sp³-hybridized carbons (Fsp3) is 0.333. The zero-order valence-corrected chi connectivity index (χ0v) is 16.0. The van der Waals surface area contributed by atoms with Gasteiger partial charge >= 0.3 is 0 Å². The minimum absolute atomic E-state index is 0.00420. The van der Waals surface area contributed by atoms with Gasteiger partial charge in [-0.05, 0) is 37.1 Å². The predicted molar refractivity (Wildman–Crippen MR) is 102 cm³/mol. The second-order valence-corrected chi connectivity index (χ2v) is 8.62. The van der Waals surface area contributed by atoms with Gasteiger partial charge in [0.2, 0.25) is 15.8 Å². The van der Waals surface area contributed by atoms with Crippen molar-refractivity contribution in [2.45, 2.75) is 18.9 Å². The largest absolute Gasteiger partial charge is 0.383 e. The summed E-state index contributed by atoms with van der Waals surface area (Å²) >= 11 is 0. The lowest BCUT2D eigenvalue weighted by Crippen LogP contribution is -2.41. The van der Waals surface area contributed by atoms with Crippen molar-refractivity contribution in [2.75, 3.05) is 30.4 Å². The van der Waals surface area contributed by atoms with Crippen LogP contribution in [0.5, 0.6) is 0 Å². The minimum Gasteiger partial charge on any atom is -0.383 e. The highest BCUT2D eigenvalue weighted by atomic mass is 32.2. The number of aromatic nitrogens is 1. The molecule has 0 unspecified atom stereocenters. The molecular formula is C18H20F2N4O3S. The summed E-state index contributed by atoms with van der Waals surface area (Å²) in [5.74, 6) is -2.56. The summed E-state index contributed by atoms with van der Waals surface area (Å²) in [7, 11) is -3.21. The molecule has 1 aliphatic rings. The van der Waals surface area contributed by atoms with E-state index in [0.29, 0.717) is 31.7 Å². The van der Waals surface area contributed by atoms with Gasteiger partial charge in [-0.2, -0.15) is 0 Å². The number of carbonyl (C=O) groups is 1. The number of halogens is 2. The Morgan fingerprint density at radius 2 is 1.79 bits per heavy atom. The highest BCUT2D eigenvalue weighted by Crippen LogP contribution is 2.23. The van der Waals surface area contributed by atoms with Gasteiger partial charge in [0, 0.05) is 19.1 Å². The summed E-state index contributed by atoms with van der Waals surface area (Å²) in [6, 6.07) is 6.04. The molecule has 1 saturated heterocycles. The number of pyridine rings is 1. The van der Waals surface area contributed by atoms with Crippen molar-refractivity contribution >= 4 is 27.4 Å². The van der Waals surface area contributed by atoms with Crippen LogP contribution in [0.15, 0.2) is 30.3 Å². The fourth-order valence-corrected chi connectivity index (χ4v) is 4.01. The monoisotopic (exact) mass is 410 g/mol. The van der Waals surface area contributed by atoms with Crippen LogP contribution in [0.25, 0.3) is 0 Å². The summed E-state index contributed by atoms with van der Waals surface area (Å²) < 4.78 is 52.2. The summed E-state index contributed by atoms with van der Waals surface area (Å²) in [5, 5.41) is 3.15. The number of hydrogen-bond acceptors (Lipinski definition) is 6. The van der Waals surface area contributed by atoms with Crippen molar-refractivity contribution in [3.63, 3.8) is 0 Å². The van der Waals surface area contributed by atoms with Crippen LogP contribution < -0.4 is 11.1 Å². The first-order valence-corrected chi connectivity index (χ1v) is 10.5. The lowest BCUT2D eigenvalue weighted by Gasteiger charge is -2.31. The van der Waals surface area contributed by atoms with Gasteiger partial charge in [-0.25, -0.2) is 26.5 Å². The van der Waals surface area contributed by atoms with Gasteiger partial charge in [-0.15, -0.1) is 0 Å². The van der Waals surface area contributed by atoms with Crippen molar-refractivity contribution in [3.05, 3.63) is 53.1 Å². The van der Waals surface area contributed by atoms with Gasteiger partial charge in [0.25, 0.3) is 0 Å². The van der Waals surface area contributed by atoms with Crippen molar-refractivity contribution in [1.82, 2.24) is 9.29 Å². The molecule has 10 heteroatoms. The molecule has 0 spiro atoms. The van der Waals surface area contributed by atoms with E-state index in [9.17, 15) is 22.0 Å². The Morgan fingerprint density at radius 1 is 1.18 bits per heavy atom. The Labute approximate surface area is 161 Å². The summed E-state index contributed by atoms with van der Waals surface area (Å²) in [4.78, 5) is 16.6. The number of nitrogens with two attached hydrogens (primary N) is 1. The molecule has 0 bridgehead atoms. The molecule has 0 amide bonds. The number of nitrogens with one attached hydrogen (secondary N) is 1. The van der Waals surface area contributed by atoms with Crippen molar-refractivity contribution in [3.8, 4) is 0 Å². The maximum atomic E-state index is 13.8. The van der Waals surface area contributed by atoms with E-state index in [1.165, 1.54) is 28.8 Å². The van der Waals surface area contributed by atoms with E-state index in [0.717, 1.165) is 12.1 Å². The number of nitrogens with zero attached hydrogens (tertiary/aromatic N) is 2. The van der Waals surface area contributed by atoms with Crippen LogP contribution >= 0.6 is 0 Å². The van der Waals surface area contributed by atoms with Gasteiger partial charge in [0.05, 0.1) is 17.4 Å². The molecule has 2 aromatic rings. The topological polar surface area (TPSA) is 105 Å². The molecule has 0 saturated carbocycles.